The summed E-state index contributed by atoms with van der Waals surface area (Å²) in [4.78, 5) is 26.4. The molecule has 31 heavy (non-hydrogen) atoms. The highest BCUT2D eigenvalue weighted by molar-refractivity contribution is 7.13. The Kier molecular flexibility index (Phi) is 7.64. The van der Waals surface area contributed by atoms with Gasteiger partial charge in [0.1, 0.15) is 0 Å². The molecule has 2 aromatic carbocycles. The normalized spacial score (nSPS) is 13.2. The van der Waals surface area contributed by atoms with Crippen molar-refractivity contribution in [2.45, 2.75) is 12.8 Å². The standard InChI is InChI=1S/C18H15N3O3S.C5H11N/c19-14-8-5-12(16-2-1-9-25-16)10-15(14)21-17(22)11-3-6-13(7-4-11)20-18(23)24;1-6-4-2-3-5-6/h1-10,20H,19H2,(H,21,22)(H,23,24);2-5H2,1H3. The Balaban J connectivity index is 0.000000391. The number of benzene rings is 2. The van der Waals surface area contributed by atoms with Crippen molar-refractivity contribution in [3.63, 3.8) is 0 Å². The Hall–Kier alpha value is -3.36. The van der Waals surface area contributed by atoms with Crippen LogP contribution in [0.3, 0.4) is 0 Å². The molecular weight excluding hydrogens is 412 g/mol. The molecule has 1 saturated heterocycles. The van der Waals surface area contributed by atoms with E-state index in [2.05, 4.69) is 22.6 Å². The van der Waals surface area contributed by atoms with Crippen LogP contribution >= 0.6 is 11.3 Å². The molecule has 0 radical (unpaired) electrons. The second kappa shape index (κ2) is 10.6. The van der Waals surface area contributed by atoms with Gasteiger partial charge in [-0.3, -0.25) is 10.1 Å². The molecule has 1 aromatic heterocycles. The highest BCUT2D eigenvalue weighted by Crippen LogP contribution is 2.30. The summed E-state index contributed by atoms with van der Waals surface area (Å²) >= 11 is 1.60. The van der Waals surface area contributed by atoms with Crippen molar-refractivity contribution in [1.29, 1.82) is 0 Å². The molecule has 7 nitrogen and oxygen atoms in total. The maximum absolute atomic E-state index is 12.4. The maximum Gasteiger partial charge on any atom is 0.409 e. The lowest BCUT2D eigenvalue weighted by molar-refractivity contribution is 0.102. The van der Waals surface area contributed by atoms with Crippen LogP contribution in [0.5, 0.6) is 0 Å². The van der Waals surface area contributed by atoms with Crippen LogP contribution in [0.15, 0.2) is 60.0 Å². The van der Waals surface area contributed by atoms with E-state index in [0.29, 0.717) is 22.6 Å². The average Bonchev–Trinajstić information content (AvgIpc) is 3.44. The number of nitrogen functional groups attached to an aromatic ring is 1. The number of carbonyl (C=O) groups excluding carboxylic acids is 1. The van der Waals surface area contributed by atoms with Crippen molar-refractivity contribution in [2.24, 2.45) is 0 Å². The van der Waals surface area contributed by atoms with Crippen LogP contribution < -0.4 is 16.4 Å². The summed E-state index contributed by atoms with van der Waals surface area (Å²) in [6, 6.07) is 15.6. The Bertz CT molecular complexity index is 1010. The Morgan fingerprint density at radius 2 is 1.74 bits per heavy atom. The first-order valence-corrected chi connectivity index (χ1v) is 10.8. The van der Waals surface area contributed by atoms with Crippen molar-refractivity contribution in [3.05, 3.63) is 65.5 Å². The average molecular weight is 439 g/mol. The number of hydrogen-bond donors (Lipinski definition) is 4. The van der Waals surface area contributed by atoms with Crippen LogP contribution in [-0.4, -0.2) is 42.1 Å². The van der Waals surface area contributed by atoms with Gasteiger partial charge in [0.2, 0.25) is 0 Å². The van der Waals surface area contributed by atoms with E-state index in [1.165, 1.54) is 38.1 Å². The molecule has 8 heteroatoms. The van der Waals surface area contributed by atoms with Gasteiger partial charge < -0.3 is 21.1 Å². The minimum absolute atomic E-state index is 0.322. The molecule has 2 amide bonds. The van der Waals surface area contributed by atoms with Crippen LogP contribution in [0, 0.1) is 0 Å². The number of nitrogens with two attached hydrogens (primary N) is 1. The van der Waals surface area contributed by atoms with Crippen LogP contribution in [0.2, 0.25) is 0 Å². The van der Waals surface area contributed by atoms with E-state index in [-0.39, 0.29) is 5.91 Å². The zero-order chi connectivity index (χ0) is 22.2. The lowest BCUT2D eigenvalue weighted by atomic mass is 10.1. The largest absolute Gasteiger partial charge is 0.465 e. The first-order chi connectivity index (χ1) is 14.9. The van der Waals surface area contributed by atoms with E-state index in [4.69, 9.17) is 10.8 Å². The molecule has 4 rings (SSSR count). The fourth-order valence-corrected chi connectivity index (χ4v) is 3.88. The molecule has 2 heterocycles. The number of carboxylic acid groups (broad SMARTS) is 1. The topological polar surface area (TPSA) is 108 Å². The predicted molar refractivity (Wildman–Crippen MR) is 127 cm³/mol. The van der Waals surface area contributed by atoms with Gasteiger partial charge in [0, 0.05) is 16.1 Å². The molecule has 162 valence electrons. The van der Waals surface area contributed by atoms with Crippen LogP contribution in [0.25, 0.3) is 10.4 Å². The maximum atomic E-state index is 12.4. The van der Waals surface area contributed by atoms with Crippen molar-refractivity contribution in [1.82, 2.24) is 4.90 Å². The summed E-state index contributed by atoms with van der Waals surface area (Å²) in [5.74, 6) is -0.322. The molecule has 5 N–H and O–H groups in total. The third-order valence-electron chi connectivity index (χ3n) is 4.84. The third-order valence-corrected chi connectivity index (χ3v) is 5.75. The number of carbonyl (C=O) groups is 2. The van der Waals surface area contributed by atoms with E-state index in [1.807, 2.05) is 29.6 Å². The summed E-state index contributed by atoms with van der Waals surface area (Å²) in [7, 11) is 2.17. The number of thiophene rings is 1. The quantitative estimate of drug-likeness (QED) is 0.426. The van der Waals surface area contributed by atoms with Crippen molar-refractivity contribution in [3.8, 4) is 10.4 Å². The molecule has 0 spiro atoms. The smallest absolute Gasteiger partial charge is 0.409 e. The van der Waals surface area contributed by atoms with E-state index in [0.717, 1.165) is 10.4 Å². The van der Waals surface area contributed by atoms with Crippen LogP contribution in [0.4, 0.5) is 21.9 Å². The molecule has 1 aliphatic heterocycles. The predicted octanol–water partition coefficient (Wildman–Crippen LogP) is 5.05. The summed E-state index contributed by atoms with van der Waals surface area (Å²) in [6.07, 6.45) is 1.67. The highest BCUT2D eigenvalue weighted by Gasteiger charge is 2.10. The number of amides is 2. The second-order valence-corrected chi connectivity index (χ2v) is 8.20. The molecule has 0 atom stereocenters. The summed E-state index contributed by atoms with van der Waals surface area (Å²) in [5.41, 5.74) is 8.73. The van der Waals surface area contributed by atoms with E-state index in [1.54, 1.807) is 29.5 Å². The van der Waals surface area contributed by atoms with E-state index in [9.17, 15) is 9.59 Å². The summed E-state index contributed by atoms with van der Waals surface area (Å²) < 4.78 is 0. The molecule has 0 bridgehead atoms. The molecule has 0 aliphatic carbocycles. The van der Waals surface area contributed by atoms with Crippen molar-refractivity contribution >= 4 is 40.4 Å². The van der Waals surface area contributed by atoms with Gasteiger partial charge in [-0.15, -0.1) is 11.3 Å². The number of nitrogens with zero attached hydrogens (tertiary/aromatic N) is 1. The van der Waals surface area contributed by atoms with Crippen molar-refractivity contribution < 1.29 is 14.7 Å². The lowest BCUT2D eigenvalue weighted by Crippen LogP contribution is -2.13. The fourth-order valence-electron chi connectivity index (χ4n) is 3.16. The monoisotopic (exact) mass is 438 g/mol. The third kappa shape index (κ3) is 6.56. The number of hydrogen-bond acceptors (Lipinski definition) is 5. The van der Waals surface area contributed by atoms with Gasteiger partial charge in [0.25, 0.3) is 5.91 Å². The summed E-state index contributed by atoms with van der Waals surface area (Å²) in [5, 5.41) is 15.7. The summed E-state index contributed by atoms with van der Waals surface area (Å²) in [6.45, 7) is 2.64. The Morgan fingerprint density at radius 1 is 1.03 bits per heavy atom. The number of anilines is 3. The van der Waals surface area contributed by atoms with Gasteiger partial charge in [-0.2, -0.15) is 0 Å². The SMILES string of the molecule is CN1CCCC1.Nc1ccc(-c2cccs2)cc1NC(=O)c1ccc(NC(=O)O)cc1. The number of nitrogens with one attached hydrogen (secondary N) is 2. The minimum atomic E-state index is -1.16. The second-order valence-electron chi connectivity index (χ2n) is 7.25. The van der Waals surface area contributed by atoms with E-state index < -0.39 is 6.09 Å². The van der Waals surface area contributed by atoms with Gasteiger partial charge in [-0.25, -0.2) is 4.79 Å². The van der Waals surface area contributed by atoms with E-state index >= 15 is 0 Å². The van der Waals surface area contributed by atoms with Crippen LogP contribution in [-0.2, 0) is 0 Å². The minimum Gasteiger partial charge on any atom is -0.465 e. The van der Waals surface area contributed by atoms with Gasteiger partial charge in [0.05, 0.1) is 11.4 Å². The molecule has 1 fully saturated rings. The van der Waals surface area contributed by atoms with Crippen LogP contribution in [0.1, 0.15) is 23.2 Å². The van der Waals surface area contributed by atoms with Gasteiger partial charge in [-0.1, -0.05) is 12.1 Å². The Morgan fingerprint density at radius 3 is 2.29 bits per heavy atom. The molecule has 1 aliphatic rings. The zero-order valence-corrected chi connectivity index (χ0v) is 18.1. The molecule has 0 saturated carbocycles. The molecular formula is C23H26N4O3S. The van der Waals surface area contributed by atoms with Gasteiger partial charge >= 0.3 is 6.09 Å². The number of likely N-dealkylation sites (tertiary alicyclic amines) is 1. The Labute approximate surface area is 185 Å². The first kappa shape index (κ1) is 22.3. The van der Waals surface area contributed by atoms with Crippen molar-refractivity contribution in [2.75, 3.05) is 36.5 Å². The number of rotatable bonds is 4. The lowest BCUT2D eigenvalue weighted by Gasteiger charge is -2.10. The fraction of sp³-hybridized carbons (Fsp3) is 0.217. The zero-order valence-electron chi connectivity index (χ0n) is 17.3. The molecule has 0 unspecified atom stereocenters. The van der Waals surface area contributed by atoms with Gasteiger partial charge in [0.15, 0.2) is 0 Å². The highest BCUT2D eigenvalue weighted by atomic mass is 32.1. The van der Waals surface area contributed by atoms with Gasteiger partial charge in [-0.05, 0) is 86.4 Å². The molecule has 3 aromatic rings. The first-order valence-electron chi connectivity index (χ1n) is 9.95.